The van der Waals surface area contributed by atoms with E-state index in [9.17, 15) is 4.79 Å². The summed E-state index contributed by atoms with van der Waals surface area (Å²) in [6, 6.07) is 3.49. The summed E-state index contributed by atoms with van der Waals surface area (Å²) in [6.07, 6.45) is 9.94. The zero-order valence-corrected chi connectivity index (χ0v) is 11.4. The smallest absolute Gasteiger partial charge is 0.319 e. The fraction of sp³-hybridized carbons (Fsp3) is 0.467. The van der Waals surface area contributed by atoms with Crippen LogP contribution in [-0.2, 0) is 0 Å². The Kier molecular flexibility index (Phi) is 4.95. The quantitative estimate of drug-likeness (QED) is 0.814. The average molecular weight is 259 g/mol. The third-order valence-electron chi connectivity index (χ3n) is 3.27. The molecule has 0 atom stereocenters. The lowest BCUT2D eigenvalue weighted by molar-refractivity contribution is 0.252. The van der Waals surface area contributed by atoms with Gasteiger partial charge in [0.05, 0.1) is 0 Å². The van der Waals surface area contributed by atoms with E-state index in [4.69, 9.17) is 0 Å². The van der Waals surface area contributed by atoms with Crippen molar-refractivity contribution in [3.63, 3.8) is 0 Å². The predicted molar refractivity (Wildman–Crippen MR) is 77.2 cm³/mol. The van der Waals surface area contributed by atoms with Crippen LogP contribution in [0.15, 0.2) is 30.0 Å². The van der Waals surface area contributed by atoms with Crippen molar-refractivity contribution in [3.05, 3.63) is 35.7 Å². The standard InChI is InChI=1S/C15H21N3O/c1-12-11-14(8-10-16-12)18-15(19)17-9-7-13-5-3-2-4-6-13/h5,8,10-11H,2-4,6-7,9H2,1H3,(H2,16,17,18,19). The molecule has 1 aliphatic carbocycles. The van der Waals surface area contributed by atoms with Gasteiger partial charge in [-0.1, -0.05) is 11.6 Å². The predicted octanol–water partition coefficient (Wildman–Crippen LogP) is 3.40. The van der Waals surface area contributed by atoms with Crippen molar-refractivity contribution < 1.29 is 4.79 Å². The number of anilines is 1. The molecule has 2 rings (SSSR count). The number of pyridine rings is 1. The normalized spacial score (nSPS) is 14.7. The fourth-order valence-electron chi connectivity index (χ4n) is 2.27. The Labute approximate surface area is 114 Å². The first-order valence-electron chi connectivity index (χ1n) is 6.89. The van der Waals surface area contributed by atoms with Crippen LogP contribution in [0.3, 0.4) is 0 Å². The molecule has 0 saturated heterocycles. The van der Waals surface area contributed by atoms with Crippen molar-refractivity contribution in [2.75, 3.05) is 11.9 Å². The Morgan fingerprint density at radius 1 is 1.42 bits per heavy atom. The molecular weight excluding hydrogens is 238 g/mol. The van der Waals surface area contributed by atoms with Gasteiger partial charge < -0.3 is 10.6 Å². The molecule has 19 heavy (non-hydrogen) atoms. The number of nitrogens with one attached hydrogen (secondary N) is 2. The zero-order chi connectivity index (χ0) is 13.5. The molecule has 1 heterocycles. The van der Waals surface area contributed by atoms with Crippen LogP contribution in [0.1, 0.15) is 37.8 Å². The van der Waals surface area contributed by atoms with Crippen molar-refractivity contribution in [3.8, 4) is 0 Å². The molecule has 1 aromatic heterocycles. The molecule has 102 valence electrons. The molecule has 0 spiro atoms. The second-order valence-corrected chi connectivity index (χ2v) is 4.92. The molecule has 0 saturated carbocycles. The zero-order valence-electron chi connectivity index (χ0n) is 11.4. The van der Waals surface area contributed by atoms with Gasteiger partial charge in [-0.3, -0.25) is 4.98 Å². The van der Waals surface area contributed by atoms with E-state index in [0.717, 1.165) is 17.8 Å². The first kappa shape index (κ1) is 13.6. The SMILES string of the molecule is Cc1cc(NC(=O)NCCC2=CCCCC2)ccn1. The van der Waals surface area contributed by atoms with Crippen LogP contribution in [0.5, 0.6) is 0 Å². The van der Waals surface area contributed by atoms with E-state index in [0.29, 0.717) is 6.54 Å². The van der Waals surface area contributed by atoms with Crippen LogP contribution in [0.4, 0.5) is 10.5 Å². The van der Waals surface area contributed by atoms with Gasteiger partial charge in [0.1, 0.15) is 0 Å². The second-order valence-electron chi connectivity index (χ2n) is 4.92. The number of urea groups is 1. The van der Waals surface area contributed by atoms with Gasteiger partial charge >= 0.3 is 6.03 Å². The summed E-state index contributed by atoms with van der Waals surface area (Å²) in [5.74, 6) is 0. The minimum Gasteiger partial charge on any atom is -0.338 e. The molecule has 1 aromatic rings. The molecule has 1 aliphatic rings. The number of carbonyl (C=O) groups excluding carboxylic acids is 1. The maximum atomic E-state index is 11.7. The minimum absolute atomic E-state index is 0.151. The van der Waals surface area contributed by atoms with Gasteiger partial charge in [-0.15, -0.1) is 0 Å². The highest BCUT2D eigenvalue weighted by Crippen LogP contribution is 2.19. The highest BCUT2D eigenvalue weighted by atomic mass is 16.2. The van der Waals surface area contributed by atoms with Crippen LogP contribution in [-0.4, -0.2) is 17.6 Å². The largest absolute Gasteiger partial charge is 0.338 e. The number of hydrogen-bond donors (Lipinski definition) is 2. The Bertz CT molecular complexity index is 468. The highest BCUT2D eigenvalue weighted by molar-refractivity contribution is 5.89. The molecular formula is C15H21N3O. The van der Waals surface area contributed by atoms with E-state index in [1.54, 1.807) is 12.3 Å². The first-order valence-corrected chi connectivity index (χ1v) is 6.89. The maximum absolute atomic E-state index is 11.7. The van der Waals surface area contributed by atoms with Gasteiger partial charge in [-0.25, -0.2) is 4.79 Å². The lowest BCUT2D eigenvalue weighted by atomic mass is 9.97. The number of carbonyl (C=O) groups is 1. The Morgan fingerprint density at radius 2 is 2.32 bits per heavy atom. The third kappa shape index (κ3) is 4.73. The van der Waals surface area contributed by atoms with Gasteiger partial charge in [-0.05, 0) is 51.2 Å². The van der Waals surface area contributed by atoms with Gasteiger partial charge in [0.25, 0.3) is 0 Å². The highest BCUT2D eigenvalue weighted by Gasteiger charge is 2.05. The number of allylic oxidation sites excluding steroid dienone is 1. The van der Waals surface area contributed by atoms with Crippen LogP contribution in [0.25, 0.3) is 0 Å². The number of rotatable bonds is 4. The minimum atomic E-state index is -0.151. The van der Waals surface area contributed by atoms with Crippen molar-refractivity contribution in [1.29, 1.82) is 0 Å². The first-order chi connectivity index (χ1) is 9.24. The molecule has 0 aromatic carbocycles. The summed E-state index contributed by atoms with van der Waals surface area (Å²) >= 11 is 0. The number of aryl methyl sites for hydroxylation is 1. The number of nitrogens with zero attached hydrogens (tertiary/aromatic N) is 1. The molecule has 2 N–H and O–H groups in total. The molecule has 0 bridgehead atoms. The van der Waals surface area contributed by atoms with E-state index in [1.807, 2.05) is 13.0 Å². The molecule has 2 amide bonds. The van der Waals surface area contributed by atoms with E-state index in [2.05, 4.69) is 21.7 Å². The monoisotopic (exact) mass is 259 g/mol. The van der Waals surface area contributed by atoms with Crippen LogP contribution < -0.4 is 10.6 Å². The second kappa shape index (κ2) is 6.92. The third-order valence-corrected chi connectivity index (χ3v) is 3.27. The Balaban J connectivity index is 1.71. The topological polar surface area (TPSA) is 54.0 Å². The Hall–Kier alpha value is -1.84. The van der Waals surface area contributed by atoms with E-state index in [1.165, 1.54) is 31.3 Å². The van der Waals surface area contributed by atoms with Crippen molar-refractivity contribution in [2.45, 2.75) is 39.0 Å². The van der Waals surface area contributed by atoms with Gasteiger partial charge in [-0.2, -0.15) is 0 Å². The summed E-state index contributed by atoms with van der Waals surface area (Å²) in [5, 5.41) is 5.70. The Morgan fingerprint density at radius 3 is 3.05 bits per heavy atom. The fourth-order valence-corrected chi connectivity index (χ4v) is 2.27. The summed E-state index contributed by atoms with van der Waals surface area (Å²) in [4.78, 5) is 15.8. The van der Waals surface area contributed by atoms with Gasteiger partial charge in [0.2, 0.25) is 0 Å². The molecule has 4 heteroatoms. The van der Waals surface area contributed by atoms with Crippen molar-refractivity contribution in [1.82, 2.24) is 10.3 Å². The lowest BCUT2D eigenvalue weighted by Crippen LogP contribution is -2.29. The van der Waals surface area contributed by atoms with Gasteiger partial charge in [0.15, 0.2) is 0 Å². The van der Waals surface area contributed by atoms with Gasteiger partial charge in [0, 0.05) is 24.1 Å². The molecule has 0 unspecified atom stereocenters. The summed E-state index contributed by atoms with van der Waals surface area (Å²) in [7, 11) is 0. The number of hydrogen-bond acceptors (Lipinski definition) is 2. The maximum Gasteiger partial charge on any atom is 0.319 e. The van der Waals surface area contributed by atoms with E-state index >= 15 is 0 Å². The molecule has 0 fully saturated rings. The molecule has 0 aliphatic heterocycles. The molecule has 0 radical (unpaired) electrons. The van der Waals surface area contributed by atoms with Crippen molar-refractivity contribution in [2.24, 2.45) is 0 Å². The average Bonchev–Trinajstić information content (AvgIpc) is 2.40. The van der Waals surface area contributed by atoms with E-state index in [-0.39, 0.29) is 6.03 Å². The number of aromatic nitrogens is 1. The lowest BCUT2D eigenvalue weighted by Gasteiger charge is -2.13. The molecule has 4 nitrogen and oxygen atoms in total. The summed E-state index contributed by atoms with van der Waals surface area (Å²) in [5.41, 5.74) is 3.15. The van der Waals surface area contributed by atoms with Crippen molar-refractivity contribution >= 4 is 11.7 Å². The van der Waals surface area contributed by atoms with E-state index < -0.39 is 0 Å². The van der Waals surface area contributed by atoms with Crippen LogP contribution in [0, 0.1) is 6.92 Å². The summed E-state index contributed by atoms with van der Waals surface area (Å²) in [6.45, 7) is 2.60. The van der Waals surface area contributed by atoms with Crippen LogP contribution in [0.2, 0.25) is 0 Å². The van der Waals surface area contributed by atoms with Crippen LogP contribution >= 0.6 is 0 Å². The summed E-state index contributed by atoms with van der Waals surface area (Å²) < 4.78 is 0. The number of amides is 2.